The molecule has 0 aliphatic carbocycles. The summed E-state index contributed by atoms with van der Waals surface area (Å²) in [7, 11) is 2.48. The van der Waals surface area contributed by atoms with Crippen LogP contribution in [-0.2, 0) is 18.9 Å². The van der Waals surface area contributed by atoms with Crippen LogP contribution in [0.25, 0.3) is 0 Å². The first-order valence-corrected chi connectivity index (χ1v) is 11.4. The number of carbonyl (C=O) groups excluding carboxylic acids is 4. The zero-order valence-corrected chi connectivity index (χ0v) is 22.2. The molecular weight excluding hydrogens is 472 g/mol. The molecule has 0 bridgehead atoms. The second-order valence-corrected chi connectivity index (χ2v) is 9.64. The Hall–Kier alpha value is -3.70. The van der Waals surface area contributed by atoms with Gasteiger partial charge in [0.05, 0.1) is 25.3 Å². The minimum Gasteiger partial charge on any atom is -0.465 e. The summed E-state index contributed by atoms with van der Waals surface area (Å²) in [5.74, 6) is -1.27. The Morgan fingerprint density at radius 3 is 1.25 bits per heavy atom. The minimum absolute atomic E-state index is 0.157. The average Bonchev–Trinajstić information content (AvgIpc) is 2.76. The van der Waals surface area contributed by atoms with E-state index >= 15 is 0 Å². The van der Waals surface area contributed by atoms with Crippen LogP contribution in [-0.4, -0.2) is 75.7 Å². The number of esters is 2. The van der Waals surface area contributed by atoms with Gasteiger partial charge in [0.2, 0.25) is 0 Å². The van der Waals surface area contributed by atoms with Gasteiger partial charge < -0.3 is 40.2 Å². The fraction of sp³-hybridized carbons (Fsp3) is 0.583. The van der Waals surface area contributed by atoms with E-state index in [9.17, 15) is 19.2 Å². The molecule has 0 atom stereocenters. The molecule has 0 aliphatic rings. The molecule has 36 heavy (non-hydrogen) atoms. The first kappa shape index (κ1) is 30.3. The van der Waals surface area contributed by atoms with Crippen molar-refractivity contribution in [3.05, 3.63) is 23.3 Å². The Morgan fingerprint density at radius 1 is 0.639 bits per heavy atom. The van der Waals surface area contributed by atoms with E-state index in [1.165, 1.54) is 26.4 Å². The predicted octanol–water partition coefficient (Wildman–Crippen LogP) is 3.13. The number of alkyl carbamates (subject to hydrolysis) is 2. The lowest BCUT2D eigenvalue weighted by Gasteiger charge is -2.20. The van der Waals surface area contributed by atoms with Crippen molar-refractivity contribution in [3.63, 3.8) is 0 Å². The van der Waals surface area contributed by atoms with Crippen LogP contribution in [0.2, 0.25) is 0 Å². The van der Waals surface area contributed by atoms with E-state index in [2.05, 4.69) is 21.3 Å². The van der Waals surface area contributed by atoms with E-state index in [1.54, 1.807) is 41.5 Å². The number of rotatable bonds is 10. The number of hydrogen-bond donors (Lipinski definition) is 4. The SMILES string of the molecule is COC(=O)c1cc(NCCNC(=O)OC(C)(C)C)c(C(=O)OC)cc1NCCNC(=O)OC(C)(C)C. The molecule has 0 spiro atoms. The van der Waals surface area contributed by atoms with Crippen LogP contribution in [0.1, 0.15) is 62.3 Å². The monoisotopic (exact) mass is 510 g/mol. The first-order valence-electron chi connectivity index (χ1n) is 11.4. The molecule has 0 aliphatic heterocycles. The van der Waals surface area contributed by atoms with Crippen molar-refractivity contribution in [2.45, 2.75) is 52.7 Å². The van der Waals surface area contributed by atoms with Crippen molar-refractivity contribution in [2.75, 3.05) is 51.0 Å². The molecule has 0 saturated carbocycles. The van der Waals surface area contributed by atoms with Gasteiger partial charge in [-0.25, -0.2) is 19.2 Å². The topological polar surface area (TPSA) is 153 Å². The number of benzene rings is 1. The molecule has 12 heteroatoms. The van der Waals surface area contributed by atoms with Crippen LogP contribution in [0, 0.1) is 0 Å². The van der Waals surface area contributed by atoms with Gasteiger partial charge >= 0.3 is 24.1 Å². The van der Waals surface area contributed by atoms with E-state index < -0.39 is 35.3 Å². The predicted molar refractivity (Wildman–Crippen MR) is 135 cm³/mol. The molecule has 0 aromatic heterocycles. The Labute approximate surface area is 211 Å². The van der Waals surface area contributed by atoms with Crippen LogP contribution in [0.3, 0.4) is 0 Å². The summed E-state index contributed by atoms with van der Waals surface area (Å²) in [5, 5.41) is 11.2. The van der Waals surface area contributed by atoms with Crippen molar-refractivity contribution >= 4 is 35.5 Å². The van der Waals surface area contributed by atoms with Crippen LogP contribution < -0.4 is 21.3 Å². The third-order valence-corrected chi connectivity index (χ3v) is 4.19. The third kappa shape index (κ3) is 11.2. The Kier molecular flexibility index (Phi) is 11.3. The van der Waals surface area contributed by atoms with Crippen molar-refractivity contribution in [2.24, 2.45) is 0 Å². The molecule has 1 rings (SSSR count). The van der Waals surface area contributed by atoms with E-state index in [1.807, 2.05) is 0 Å². The maximum absolute atomic E-state index is 12.4. The average molecular weight is 511 g/mol. The van der Waals surface area contributed by atoms with Gasteiger partial charge in [-0.3, -0.25) is 0 Å². The summed E-state index contributed by atoms with van der Waals surface area (Å²) in [6.07, 6.45) is -1.15. The molecule has 1 aromatic carbocycles. The second kappa shape index (κ2) is 13.4. The van der Waals surface area contributed by atoms with Gasteiger partial charge in [0.15, 0.2) is 0 Å². The maximum Gasteiger partial charge on any atom is 0.407 e. The van der Waals surface area contributed by atoms with Crippen molar-refractivity contribution < 1.29 is 38.1 Å². The molecule has 0 unspecified atom stereocenters. The van der Waals surface area contributed by atoms with Gasteiger partial charge in [-0.05, 0) is 53.7 Å². The van der Waals surface area contributed by atoms with Gasteiger partial charge in [0, 0.05) is 37.6 Å². The molecule has 0 radical (unpaired) electrons. The number of ether oxygens (including phenoxy) is 4. The van der Waals surface area contributed by atoms with E-state index in [-0.39, 0.29) is 37.3 Å². The molecule has 12 nitrogen and oxygen atoms in total. The van der Waals surface area contributed by atoms with Gasteiger partial charge in [0.25, 0.3) is 0 Å². The lowest BCUT2D eigenvalue weighted by atomic mass is 10.1. The quantitative estimate of drug-likeness (QED) is 0.210. The molecular formula is C24H38N4O8. The van der Waals surface area contributed by atoms with Crippen LogP contribution >= 0.6 is 0 Å². The fourth-order valence-electron chi connectivity index (χ4n) is 2.80. The van der Waals surface area contributed by atoms with Gasteiger partial charge in [-0.15, -0.1) is 0 Å². The fourth-order valence-corrected chi connectivity index (χ4v) is 2.80. The normalized spacial score (nSPS) is 11.1. The maximum atomic E-state index is 12.4. The number of carbonyl (C=O) groups is 4. The molecule has 202 valence electrons. The summed E-state index contributed by atoms with van der Waals surface area (Å²) >= 11 is 0. The van der Waals surface area contributed by atoms with E-state index in [0.717, 1.165) is 0 Å². The number of amides is 2. The summed E-state index contributed by atoms with van der Waals surface area (Å²) in [6, 6.07) is 2.91. The molecule has 0 fully saturated rings. The van der Waals surface area contributed by atoms with Crippen molar-refractivity contribution in [3.8, 4) is 0 Å². The highest BCUT2D eigenvalue weighted by molar-refractivity contribution is 6.03. The van der Waals surface area contributed by atoms with Crippen LogP contribution in [0.15, 0.2) is 12.1 Å². The van der Waals surface area contributed by atoms with Gasteiger partial charge in [-0.2, -0.15) is 0 Å². The molecule has 2 amide bonds. The molecule has 0 heterocycles. The summed E-state index contributed by atoms with van der Waals surface area (Å²) in [4.78, 5) is 48.5. The van der Waals surface area contributed by atoms with E-state index in [4.69, 9.17) is 18.9 Å². The minimum atomic E-state index is -0.635. The highest BCUT2D eigenvalue weighted by Crippen LogP contribution is 2.27. The van der Waals surface area contributed by atoms with Gasteiger partial charge in [0.1, 0.15) is 11.2 Å². The molecule has 4 N–H and O–H groups in total. The van der Waals surface area contributed by atoms with Crippen molar-refractivity contribution in [1.29, 1.82) is 0 Å². The molecule has 1 aromatic rings. The van der Waals surface area contributed by atoms with E-state index in [0.29, 0.717) is 11.4 Å². The Morgan fingerprint density at radius 2 is 0.972 bits per heavy atom. The zero-order valence-electron chi connectivity index (χ0n) is 22.2. The lowest BCUT2D eigenvalue weighted by molar-refractivity contribution is 0.0518. The van der Waals surface area contributed by atoms with Crippen LogP contribution in [0.4, 0.5) is 21.0 Å². The number of hydrogen-bond acceptors (Lipinski definition) is 10. The van der Waals surface area contributed by atoms with Crippen LogP contribution in [0.5, 0.6) is 0 Å². The number of anilines is 2. The standard InChI is InChI=1S/C24H38N4O8/c1-23(2,3)35-21(31)27-11-9-25-17-13-16(20(30)34-8)18(14-15(17)19(29)33-7)26-10-12-28-22(32)36-24(4,5)6/h13-14,25-26H,9-12H2,1-8H3,(H,27,31)(H,28,32). The third-order valence-electron chi connectivity index (χ3n) is 4.19. The first-order chi connectivity index (χ1) is 16.7. The second-order valence-electron chi connectivity index (χ2n) is 9.64. The number of nitrogens with one attached hydrogen (secondary N) is 4. The van der Waals surface area contributed by atoms with Crippen molar-refractivity contribution in [1.82, 2.24) is 10.6 Å². The summed E-state index contributed by atoms with van der Waals surface area (Å²) in [6.45, 7) is 11.4. The van der Waals surface area contributed by atoms with Gasteiger partial charge in [-0.1, -0.05) is 0 Å². The lowest BCUT2D eigenvalue weighted by Crippen LogP contribution is -2.35. The smallest absolute Gasteiger partial charge is 0.407 e. The largest absolute Gasteiger partial charge is 0.465 e. The summed E-state index contributed by atoms with van der Waals surface area (Å²) < 4.78 is 20.1. The number of methoxy groups -OCH3 is 2. The Balaban J connectivity index is 2.96. The highest BCUT2D eigenvalue weighted by atomic mass is 16.6. The highest BCUT2D eigenvalue weighted by Gasteiger charge is 2.21. The summed E-state index contributed by atoms with van der Waals surface area (Å²) in [5.41, 5.74) is -0.321. The zero-order chi connectivity index (χ0) is 27.5. The Bertz CT molecular complexity index is 860. The molecule has 0 saturated heterocycles.